The summed E-state index contributed by atoms with van der Waals surface area (Å²) in [7, 11) is 0. The summed E-state index contributed by atoms with van der Waals surface area (Å²) < 4.78 is 5.57. The van der Waals surface area contributed by atoms with Crippen molar-refractivity contribution in [2.75, 3.05) is 5.32 Å². The van der Waals surface area contributed by atoms with E-state index in [0.29, 0.717) is 5.56 Å². The summed E-state index contributed by atoms with van der Waals surface area (Å²) in [5.41, 5.74) is 5.21. The third-order valence-electron chi connectivity index (χ3n) is 4.36. The van der Waals surface area contributed by atoms with Crippen LogP contribution in [0.3, 0.4) is 0 Å². The maximum atomic E-state index is 12.5. The van der Waals surface area contributed by atoms with E-state index in [2.05, 4.69) is 5.32 Å². The van der Waals surface area contributed by atoms with Crippen LogP contribution in [0.5, 0.6) is 0 Å². The van der Waals surface area contributed by atoms with Gasteiger partial charge in [0.25, 0.3) is 5.69 Å². The first-order valence-corrected chi connectivity index (χ1v) is 8.29. The van der Waals surface area contributed by atoms with Crippen molar-refractivity contribution in [3.05, 3.63) is 68.5 Å². The number of nitrogens with zero attached hydrogens (tertiary/aromatic N) is 1. The van der Waals surface area contributed by atoms with E-state index in [9.17, 15) is 14.9 Å². The number of nitrogens with one attached hydrogen (secondary N) is 1. The number of aryl methyl sites for hydroxylation is 4. The molecule has 0 fully saturated rings. The van der Waals surface area contributed by atoms with Crippen LogP contribution >= 0.6 is 0 Å². The lowest BCUT2D eigenvalue weighted by atomic mass is 10.0. The van der Waals surface area contributed by atoms with E-state index in [1.54, 1.807) is 20.1 Å². The Balaban J connectivity index is 1.90. The number of carbonyl (C=O) groups excluding carboxylic acids is 1. The lowest BCUT2D eigenvalue weighted by Crippen LogP contribution is -2.16. The van der Waals surface area contributed by atoms with Gasteiger partial charge in [0, 0.05) is 17.0 Å². The van der Waals surface area contributed by atoms with Crippen LogP contribution in [0, 0.1) is 37.8 Å². The molecule has 0 saturated heterocycles. The van der Waals surface area contributed by atoms with Crippen molar-refractivity contribution < 1.29 is 14.1 Å². The predicted molar refractivity (Wildman–Crippen MR) is 101 cm³/mol. The van der Waals surface area contributed by atoms with Gasteiger partial charge in [0.15, 0.2) is 0 Å². The van der Waals surface area contributed by atoms with Gasteiger partial charge in [-0.25, -0.2) is 0 Å². The van der Waals surface area contributed by atoms with Gasteiger partial charge in [-0.3, -0.25) is 14.9 Å². The Labute approximate surface area is 151 Å². The lowest BCUT2D eigenvalue weighted by Gasteiger charge is -2.10. The molecule has 6 nitrogen and oxygen atoms in total. The number of nitro groups is 1. The zero-order chi connectivity index (χ0) is 19.0. The quantitative estimate of drug-likeness (QED) is 0.542. The van der Waals surface area contributed by atoms with Gasteiger partial charge < -0.3 is 9.73 Å². The number of furan rings is 1. The van der Waals surface area contributed by atoms with E-state index >= 15 is 0 Å². The number of amides is 1. The molecule has 0 saturated carbocycles. The minimum absolute atomic E-state index is 0.0847. The number of hydrogen-bond donors (Lipinski definition) is 1. The fourth-order valence-corrected chi connectivity index (χ4v) is 3.37. The van der Waals surface area contributed by atoms with E-state index in [0.717, 1.165) is 33.2 Å². The van der Waals surface area contributed by atoms with Gasteiger partial charge in [0.05, 0.1) is 17.6 Å². The molecule has 26 heavy (non-hydrogen) atoms. The van der Waals surface area contributed by atoms with Gasteiger partial charge in [-0.2, -0.15) is 0 Å². The number of nitro benzene ring substituents is 1. The number of anilines is 1. The summed E-state index contributed by atoms with van der Waals surface area (Å²) in [5.74, 6) is -0.317. The maximum Gasteiger partial charge on any atom is 0.293 e. The Morgan fingerprint density at radius 2 is 1.73 bits per heavy atom. The molecule has 0 atom stereocenters. The maximum absolute atomic E-state index is 12.5. The van der Waals surface area contributed by atoms with E-state index in [1.807, 2.05) is 32.0 Å². The first-order chi connectivity index (χ1) is 12.3. The fraction of sp³-hybridized carbons (Fsp3) is 0.250. The van der Waals surface area contributed by atoms with Crippen LogP contribution in [0.15, 0.2) is 34.9 Å². The molecule has 6 heteroatoms. The average molecular weight is 352 g/mol. The summed E-state index contributed by atoms with van der Waals surface area (Å²) in [6.45, 7) is 7.49. The molecule has 3 aromatic rings. The summed E-state index contributed by atoms with van der Waals surface area (Å²) in [6, 6.07) is 7.23. The Kier molecular flexibility index (Phi) is 4.50. The largest absolute Gasteiger partial charge is 0.464 e. The third-order valence-corrected chi connectivity index (χ3v) is 4.36. The van der Waals surface area contributed by atoms with Crippen LogP contribution in [-0.2, 0) is 11.2 Å². The van der Waals surface area contributed by atoms with Crippen LogP contribution < -0.4 is 5.32 Å². The molecular weight excluding hydrogens is 332 g/mol. The van der Waals surface area contributed by atoms with Crippen LogP contribution in [0.25, 0.3) is 11.0 Å². The van der Waals surface area contributed by atoms with Crippen molar-refractivity contribution in [1.29, 1.82) is 0 Å². The molecule has 0 radical (unpaired) electrons. The molecule has 0 aliphatic carbocycles. The topological polar surface area (TPSA) is 85.4 Å². The van der Waals surface area contributed by atoms with Crippen molar-refractivity contribution in [3.63, 3.8) is 0 Å². The second-order valence-electron chi connectivity index (χ2n) is 6.67. The number of fused-ring (bicyclic) bond motifs is 1. The van der Waals surface area contributed by atoms with Crippen molar-refractivity contribution >= 4 is 28.3 Å². The summed E-state index contributed by atoms with van der Waals surface area (Å²) >= 11 is 0. The second kappa shape index (κ2) is 6.63. The molecule has 1 aromatic heterocycles. The van der Waals surface area contributed by atoms with Gasteiger partial charge >= 0.3 is 0 Å². The number of carbonyl (C=O) groups is 1. The third kappa shape index (κ3) is 3.31. The SMILES string of the molecule is Cc1cc(C)c(NC(=O)Cc2coc3cc(C)cc(C)c23)c([N+](=O)[O-])c1. The molecule has 1 heterocycles. The molecule has 0 bridgehead atoms. The molecule has 1 N–H and O–H groups in total. The highest BCUT2D eigenvalue weighted by atomic mass is 16.6. The van der Waals surface area contributed by atoms with E-state index in [1.165, 1.54) is 6.07 Å². The first-order valence-electron chi connectivity index (χ1n) is 8.29. The van der Waals surface area contributed by atoms with Crippen LogP contribution in [0.2, 0.25) is 0 Å². The van der Waals surface area contributed by atoms with E-state index in [4.69, 9.17) is 4.42 Å². The normalized spacial score (nSPS) is 10.9. The Morgan fingerprint density at radius 1 is 1.08 bits per heavy atom. The second-order valence-corrected chi connectivity index (χ2v) is 6.67. The summed E-state index contributed by atoms with van der Waals surface area (Å²) in [5, 5.41) is 14.9. The minimum atomic E-state index is -0.476. The molecule has 2 aromatic carbocycles. The van der Waals surface area contributed by atoms with Crippen molar-refractivity contribution in [2.45, 2.75) is 34.1 Å². The first kappa shape index (κ1) is 17.7. The molecule has 0 spiro atoms. The number of rotatable bonds is 4. The Bertz CT molecular complexity index is 1030. The lowest BCUT2D eigenvalue weighted by molar-refractivity contribution is -0.384. The Hall–Kier alpha value is -3.15. The molecular formula is C20H20N2O4. The standard InChI is InChI=1S/C20H20N2O4/c1-11-6-14(4)20(16(7-11)22(24)25)21-18(23)9-15-10-26-17-8-12(2)5-13(3)19(15)17/h5-8,10H,9H2,1-4H3,(H,21,23). The smallest absolute Gasteiger partial charge is 0.293 e. The summed E-state index contributed by atoms with van der Waals surface area (Å²) in [4.78, 5) is 23.4. The molecule has 0 aliphatic rings. The van der Waals surface area contributed by atoms with E-state index in [-0.39, 0.29) is 23.7 Å². The predicted octanol–water partition coefficient (Wildman–Crippen LogP) is 4.76. The monoisotopic (exact) mass is 352 g/mol. The van der Waals surface area contributed by atoms with E-state index < -0.39 is 4.92 Å². The molecule has 134 valence electrons. The molecule has 0 aliphatic heterocycles. The highest BCUT2D eigenvalue weighted by Gasteiger charge is 2.20. The zero-order valence-electron chi connectivity index (χ0n) is 15.2. The van der Waals surface area contributed by atoms with Gasteiger partial charge in [-0.15, -0.1) is 0 Å². The van der Waals surface area contributed by atoms with Crippen molar-refractivity contribution in [2.24, 2.45) is 0 Å². The molecule has 1 amide bonds. The number of benzene rings is 2. The fourth-order valence-electron chi connectivity index (χ4n) is 3.37. The van der Waals surface area contributed by atoms with Gasteiger partial charge in [0.1, 0.15) is 11.3 Å². The molecule has 0 unspecified atom stereocenters. The van der Waals surface area contributed by atoms with Crippen LogP contribution in [0.4, 0.5) is 11.4 Å². The average Bonchev–Trinajstić information content (AvgIpc) is 2.92. The highest BCUT2D eigenvalue weighted by molar-refractivity contribution is 5.98. The van der Waals surface area contributed by atoms with Gasteiger partial charge in [0.2, 0.25) is 5.91 Å². The van der Waals surface area contributed by atoms with Crippen LogP contribution in [0.1, 0.15) is 27.8 Å². The Morgan fingerprint density at radius 3 is 2.42 bits per heavy atom. The number of hydrogen-bond acceptors (Lipinski definition) is 4. The highest BCUT2D eigenvalue weighted by Crippen LogP contribution is 2.31. The van der Waals surface area contributed by atoms with Crippen molar-refractivity contribution in [1.82, 2.24) is 0 Å². The van der Waals surface area contributed by atoms with Crippen molar-refractivity contribution in [3.8, 4) is 0 Å². The minimum Gasteiger partial charge on any atom is -0.464 e. The van der Waals surface area contributed by atoms with Gasteiger partial charge in [-0.05, 0) is 56.0 Å². The summed E-state index contributed by atoms with van der Waals surface area (Å²) in [6.07, 6.45) is 1.66. The zero-order valence-corrected chi connectivity index (χ0v) is 15.2. The molecule has 3 rings (SSSR count). The van der Waals surface area contributed by atoms with Gasteiger partial charge in [-0.1, -0.05) is 12.1 Å². The van der Waals surface area contributed by atoms with Crippen LogP contribution in [-0.4, -0.2) is 10.8 Å².